The van der Waals surface area contributed by atoms with Gasteiger partial charge in [0.2, 0.25) is 0 Å². The molecule has 1 saturated heterocycles. The van der Waals surface area contributed by atoms with E-state index in [1.165, 1.54) is 12.1 Å². The molecule has 0 aromatic heterocycles. The fourth-order valence-electron chi connectivity index (χ4n) is 2.92. The lowest BCUT2D eigenvalue weighted by Crippen LogP contribution is -2.44. The van der Waals surface area contributed by atoms with Crippen molar-refractivity contribution in [1.29, 1.82) is 0 Å². The summed E-state index contributed by atoms with van der Waals surface area (Å²) in [6.07, 6.45) is 0. The highest BCUT2D eigenvalue weighted by Gasteiger charge is 2.39. The summed E-state index contributed by atoms with van der Waals surface area (Å²) in [5, 5.41) is 9.31. The molecule has 6 heteroatoms. The molecule has 0 saturated carbocycles. The molecule has 0 spiro atoms. The van der Waals surface area contributed by atoms with E-state index >= 15 is 0 Å². The summed E-state index contributed by atoms with van der Waals surface area (Å²) in [6.45, 7) is 5.34. The van der Waals surface area contributed by atoms with Crippen LogP contribution in [0.1, 0.15) is 25.5 Å². The highest BCUT2D eigenvalue weighted by atomic mass is 79.9. The van der Waals surface area contributed by atoms with Crippen LogP contribution in [0.15, 0.2) is 22.7 Å². The second-order valence-corrected chi connectivity index (χ2v) is 6.08. The Kier molecular flexibility index (Phi) is 5.35. The van der Waals surface area contributed by atoms with Gasteiger partial charge in [-0.2, -0.15) is 0 Å². The fraction of sp³-hybridized carbons (Fsp3) is 0.533. The smallest absolute Gasteiger partial charge is 0.310 e. The first-order valence-corrected chi connectivity index (χ1v) is 7.76. The number of likely N-dealkylation sites (N-methyl/N-ethyl adjacent to an activating group) is 1. The molecule has 0 radical (unpaired) electrons. The Morgan fingerprint density at radius 3 is 2.86 bits per heavy atom. The summed E-state index contributed by atoms with van der Waals surface area (Å²) >= 11 is 3.38. The first-order valence-electron chi connectivity index (χ1n) is 6.97. The van der Waals surface area contributed by atoms with Gasteiger partial charge in [0, 0.05) is 16.6 Å². The van der Waals surface area contributed by atoms with Crippen LogP contribution in [0, 0.1) is 11.7 Å². The van der Waals surface area contributed by atoms with Crippen molar-refractivity contribution in [1.82, 2.24) is 4.90 Å². The maximum Gasteiger partial charge on any atom is 0.310 e. The standard InChI is InChI=1S/C15H19BrFNO3/c1-3-18(14-8-21-7-12(14)15(19)20)9(2)11-5-4-10(17)6-13(11)16/h4-6,9,12,14H,3,7-8H2,1-2H3,(H,19,20). The maximum absolute atomic E-state index is 13.2. The van der Waals surface area contributed by atoms with Gasteiger partial charge in [0.25, 0.3) is 0 Å². The number of carbonyl (C=O) groups is 1. The third kappa shape index (κ3) is 3.44. The van der Waals surface area contributed by atoms with Crippen molar-refractivity contribution in [3.05, 3.63) is 34.1 Å². The van der Waals surface area contributed by atoms with E-state index in [-0.39, 0.29) is 24.5 Å². The molecule has 1 heterocycles. The number of rotatable bonds is 5. The molecule has 2 rings (SSSR count). The van der Waals surface area contributed by atoms with E-state index in [9.17, 15) is 14.3 Å². The molecule has 3 unspecified atom stereocenters. The summed E-state index contributed by atoms with van der Waals surface area (Å²) in [6, 6.07) is 4.39. The van der Waals surface area contributed by atoms with Gasteiger partial charge in [0.15, 0.2) is 0 Å². The van der Waals surface area contributed by atoms with E-state index < -0.39 is 11.9 Å². The van der Waals surface area contributed by atoms with E-state index in [0.717, 1.165) is 5.56 Å². The van der Waals surface area contributed by atoms with Crippen molar-refractivity contribution in [3.8, 4) is 0 Å². The molecule has 4 nitrogen and oxygen atoms in total. The van der Waals surface area contributed by atoms with Crippen molar-refractivity contribution in [2.24, 2.45) is 5.92 Å². The highest BCUT2D eigenvalue weighted by molar-refractivity contribution is 9.10. The number of carboxylic acids is 1. The minimum atomic E-state index is -0.832. The molecule has 1 aromatic carbocycles. The SMILES string of the molecule is CCN(C(C)c1ccc(F)cc1Br)C1COCC1C(=O)O. The first-order chi connectivity index (χ1) is 9.95. The molecule has 1 aliphatic heterocycles. The first kappa shape index (κ1) is 16.4. The molecule has 3 atom stereocenters. The van der Waals surface area contributed by atoms with Crippen molar-refractivity contribution >= 4 is 21.9 Å². The second kappa shape index (κ2) is 6.85. The van der Waals surface area contributed by atoms with Gasteiger partial charge in [0.05, 0.1) is 19.1 Å². The molecule has 1 aliphatic rings. The van der Waals surface area contributed by atoms with Gasteiger partial charge in [-0.3, -0.25) is 9.69 Å². The molecule has 1 fully saturated rings. The van der Waals surface area contributed by atoms with Crippen LogP contribution in [0.4, 0.5) is 4.39 Å². The van der Waals surface area contributed by atoms with Crippen molar-refractivity contribution in [2.75, 3.05) is 19.8 Å². The number of carboxylic acid groups (broad SMARTS) is 1. The maximum atomic E-state index is 13.2. The number of aliphatic carboxylic acids is 1. The second-order valence-electron chi connectivity index (χ2n) is 5.22. The van der Waals surface area contributed by atoms with Crippen LogP contribution >= 0.6 is 15.9 Å². The summed E-state index contributed by atoms with van der Waals surface area (Å²) in [4.78, 5) is 13.4. The van der Waals surface area contributed by atoms with Gasteiger partial charge >= 0.3 is 5.97 Å². The number of hydrogen-bond donors (Lipinski definition) is 1. The van der Waals surface area contributed by atoms with Crippen molar-refractivity contribution in [3.63, 3.8) is 0 Å². The quantitative estimate of drug-likeness (QED) is 0.877. The highest BCUT2D eigenvalue weighted by Crippen LogP contribution is 2.32. The number of halogens is 2. The van der Waals surface area contributed by atoms with Crippen LogP contribution in [0.3, 0.4) is 0 Å². The summed E-state index contributed by atoms with van der Waals surface area (Å²) in [5.74, 6) is -1.65. The Morgan fingerprint density at radius 2 is 2.29 bits per heavy atom. The largest absolute Gasteiger partial charge is 0.481 e. The van der Waals surface area contributed by atoms with Gasteiger partial charge in [-0.1, -0.05) is 28.9 Å². The normalized spacial score (nSPS) is 23.5. The Balaban J connectivity index is 2.26. The van der Waals surface area contributed by atoms with Gasteiger partial charge in [-0.05, 0) is 31.2 Å². The van der Waals surface area contributed by atoms with Gasteiger partial charge in [-0.15, -0.1) is 0 Å². The predicted octanol–water partition coefficient (Wildman–Crippen LogP) is 3.07. The Labute approximate surface area is 132 Å². The molecule has 21 heavy (non-hydrogen) atoms. The minimum Gasteiger partial charge on any atom is -0.481 e. The van der Waals surface area contributed by atoms with Crippen molar-refractivity contribution in [2.45, 2.75) is 25.9 Å². The number of benzene rings is 1. The zero-order valence-electron chi connectivity index (χ0n) is 12.1. The van der Waals surface area contributed by atoms with Gasteiger partial charge < -0.3 is 9.84 Å². The lowest BCUT2D eigenvalue weighted by molar-refractivity contribution is -0.143. The third-order valence-electron chi connectivity index (χ3n) is 4.07. The Morgan fingerprint density at radius 1 is 1.57 bits per heavy atom. The zero-order valence-corrected chi connectivity index (χ0v) is 13.6. The zero-order chi connectivity index (χ0) is 15.6. The predicted molar refractivity (Wildman–Crippen MR) is 80.6 cm³/mol. The summed E-state index contributed by atoms with van der Waals surface area (Å²) < 4.78 is 19.3. The molecular formula is C15H19BrFNO3. The van der Waals surface area contributed by atoms with E-state index in [0.29, 0.717) is 17.6 Å². The summed E-state index contributed by atoms with van der Waals surface area (Å²) in [7, 11) is 0. The molecule has 0 aliphatic carbocycles. The Hall–Kier alpha value is -0.980. The monoisotopic (exact) mass is 359 g/mol. The van der Waals surface area contributed by atoms with Crippen molar-refractivity contribution < 1.29 is 19.0 Å². The van der Waals surface area contributed by atoms with Crippen LogP contribution in [0.2, 0.25) is 0 Å². The molecular weight excluding hydrogens is 341 g/mol. The Bertz CT molecular complexity index is 526. The van der Waals surface area contributed by atoms with E-state index in [2.05, 4.69) is 20.8 Å². The molecule has 1 aromatic rings. The van der Waals surface area contributed by atoms with E-state index in [1.807, 2.05) is 13.8 Å². The molecule has 0 bridgehead atoms. The average molecular weight is 360 g/mol. The minimum absolute atomic E-state index is 0.0291. The van der Waals surface area contributed by atoms with Crippen LogP contribution in [0.25, 0.3) is 0 Å². The van der Waals surface area contributed by atoms with Crippen LogP contribution in [-0.2, 0) is 9.53 Å². The van der Waals surface area contributed by atoms with Crippen LogP contribution in [0.5, 0.6) is 0 Å². The average Bonchev–Trinajstić information content (AvgIpc) is 2.88. The van der Waals surface area contributed by atoms with Gasteiger partial charge in [-0.25, -0.2) is 4.39 Å². The number of hydrogen-bond acceptors (Lipinski definition) is 3. The van der Waals surface area contributed by atoms with Crippen LogP contribution in [-0.4, -0.2) is 41.8 Å². The topological polar surface area (TPSA) is 49.8 Å². The molecule has 116 valence electrons. The lowest BCUT2D eigenvalue weighted by atomic mass is 9.98. The third-order valence-corrected chi connectivity index (χ3v) is 4.76. The lowest BCUT2D eigenvalue weighted by Gasteiger charge is -2.35. The van der Waals surface area contributed by atoms with Gasteiger partial charge in [0.1, 0.15) is 5.82 Å². The summed E-state index contributed by atoms with van der Waals surface area (Å²) in [5.41, 5.74) is 0.939. The van der Waals surface area contributed by atoms with Crippen LogP contribution < -0.4 is 0 Å². The van der Waals surface area contributed by atoms with E-state index in [4.69, 9.17) is 4.74 Å². The molecule has 1 N–H and O–H groups in total. The number of nitrogens with zero attached hydrogens (tertiary/aromatic N) is 1. The fourth-order valence-corrected chi connectivity index (χ4v) is 3.60. The number of ether oxygens (including phenoxy) is 1. The molecule has 0 amide bonds. The van der Waals surface area contributed by atoms with E-state index in [1.54, 1.807) is 6.07 Å².